The normalized spacial score (nSPS) is 16.3. The maximum absolute atomic E-state index is 12.1. The van der Waals surface area contributed by atoms with Gasteiger partial charge >= 0.3 is 5.69 Å². The molecule has 2 aromatic rings. The molecule has 1 fully saturated rings. The van der Waals surface area contributed by atoms with Gasteiger partial charge in [-0.2, -0.15) is 0 Å². The maximum atomic E-state index is 12.1. The van der Waals surface area contributed by atoms with Crippen LogP contribution < -0.4 is 5.69 Å². The zero-order valence-corrected chi connectivity index (χ0v) is 13.2. The summed E-state index contributed by atoms with van der Waals surface area (Å²) in [6, 6.07) is 10.3. The van der Waals surface area contributed by atoms with Crippen LogP contribution in [0.15, 0.2) is 41.3 Å². The highest BCUT2D eigenvalue weighted by Gasteiger charge is 2.20. The number of rotatable bonds is 2. The van der Waals surface area contributed by atoms with Crippen molar-refractivity contribution < 1.29 is 0 Å². The SMILES string of the molecule is CC.CN1CCC(n2cc(-c3ccccc3)[nH]c2=O)CC1. The number of aromatic amines is 1. The fourth-order valence-corrected chi connectivity index (χ4v) is 2.72. The van der Waals surface area contributed by atoms with Crippen molar-refractivity contribution >= 4 is 0 Å². The van der Waals surface area contributed by atoms with Crippen molar-refractivity contribution in [3.63, 3.8) is 0 Å². The molecule has 3 rings (SSSR count). The Bertz CT molecular complexity index is 592. The lowest BCUT2D eigenvalue weighted by molar-refractivity contribution is 0.219. The third kappa shape index (κ3) is 3.64. The van der Waals surface area contributed by atoms with Crippen molar-refractivity contribution in [1.29, 1.82) is 0 Å². The van der Waals surface area contributed by atoms with Crippen molar-refractivity contribution in [2.75, 3.05) is 20.1 Å². The molecule has 21 heavy (non-hydrogen) atoms. The van der Waals surface area contributed by atoms with Crippen LogP contribution in [0.1, 0.15) is 32.7 Å². The van der Waals surface area contributed by atoms with Crippen LogP contribution in [0.2, 0.25) is 0 Å². The molecule has 0 saturated carbocycles. The Labute approximate surface area is 126 Å². The van der Waals surface area contributed by atoms with Gasteiger partial charge in [0.15, 0.2) is 0 Å². The number of hydrogen-bond acceptors (Lipinski definition) is 2. The van der Waals surface area contributed by atoms with Crippen LogP contribution in [-0.2, 0) is 0 Å². The molecule has 4 nitrogen and oxygen atoms in total. The van der Waals surface area contributed by atoms with Crippen molar-refractivity contribution in [2.45, 2.75) is 32.7 Å². The summed E-state index contributed by atoms with van der Waals surface area (Å²) in [6.45, 7) is 6.12. The molecular formula is C17H25N3O. The average Bonchev–Trinajstić information content (AvgIpc) is 2.93. The molecule has 114 valence electrons. The molecular weight excluding hydrogens is 262 g/mol. The molecule has 2 heterocycles. The molecule has 1 N–H and O–H groups in total. The van der Waals surface area contributed by atoms with Crippen LogP contribution in [0.4, 0.5) is 0 Å². The Balaban J connectivity index is 0.000000774. The first kappa shape index (κ1) is 15.6. The summed E-state index contributed by atoms with van der Waals surface area (Å²) in [5.41, 5.74) is 1.98. The van der Waals surface area contributed by atoms with Crippen molar-refractivity contribution in [1.82, 2.24) is 14.5 Å². The summed E-state index contributed by atoms with van der Waals surface area (Å²) in [6.07, 6.45) is 4.05. The van der Waals surface area contributed by atoms with Crippen LogP contribution in [0, 0.1) is 0 Å². The summed E-state index contributed by atoms with van der Waals surface area (Å²) in [5.74, 6) is 0. The third-order valence-corrected chi connectivity index (χ3v) is 3.91. The maximum Gasteiger partial charge on any atom is 0.326 e. The lowest BCUT2D eigenvalue weighted by Crippen LogP contribution is -2.34. The standard InChI is InChI=1S/C15H19N3O.C2H6/c1-17-9-7-13(8-10-17)18-11-14(16-15(18)19)12-5-3-2-4-6-12;1-2/h2-6,11,13H,7-10H2,1H3,(H,16,19);1-2H3. The molecule has 1 aliphatic rings. The number of nitrogens with zero attached hydrogens (tertiary/aromatic N) is 2. The number of likely N-dealkylation sites (tertiary alicyclic amines) is 1. The van der Waals surface area contributed by atoms with Crippen LogP contribution in [0.5, 0.6) is 0 Å². The number of aromatic nitrogens is 2. The quantitative estimate of drug-likeness (QED) is 0.922. The van der Waals surface area contributed by atoms with Gasteiger partial charge in [-0.1, -0.05) is 44.2 Å². The summed E-state index contributed by atoms with van der Waals surface area (Å²) in [5, 5.41) is 0. The van der Waals surface area contributed by atoms with E-state index in [1.54, 1.807) is 0 Å². The van der Waals surface area contributed by atoms with E-state index >= 15 is 0 Å². The molecule has 0 spiro atoms. The molecule has 1 aliphatic heterocycles. The average molecular weight is 287 g/mol. The van der Waals surface area contributed by atoms with Gasteiger partial charge in [0.1, 0.15) is 0 Å². The smallest absolute Gasteiger partial charge is 0.306 e. The van der Waals surface area contributed by atoms with E-state index in [0.717, 1.165) is 37.2 Å². The lowest BCUT2D eigenvalue weighted by atomic mass is 10.1. The molecule has 0 bridgehead atoms. The van der Waals surface area contributed by atoms with Gasteiger partial charge in [0.2, 0.25) is 0 Å². The molecule has 0 radical (unpaired) electrons. The topological polar surface area (TPSA) is 41.0 Å². The first-order chi connectivity index (χ1) is 10.2. The van der Waals surface area contributed by atoms with E-state index in [4.69, 9.17) is 0 Å². The predicted octanol–water partition coefficient (Wildman–Crippen LogP) is 3.14. The van der Waals surface area contributed by atoms with Gasteiger partial charge in [0.25, 0.3) is 0 Å². The molecule has 0 aliphatic carbocycles. The summed E-state index contributed by atoms with van der Waals surface area (Å²) >= 11 is 0. The van der Waals surface area contributed by atoms with Gasteiger partial charge in [0.05, 0.1) is 5.69 Å². The van der Waals surface area contributed by atoms with Gasteiger partial charge in [-0.05, 0) is 38.5 Å². The Kier molecular flexibility index (Phi) is 5.39. The Morgan fingerprint density at radius 1 is 1.10 bits per heavy atom. The lowest BCUT2D eigenvalue weighted by Gasteiger charge is -2.29. The summed E-state index contributed by atoms with van der Waals surface area (Å²) < 4.78 is 1.87. The minimum absolute atomic E-state index is 0.00778. The first-order valence-electron chi connectivity index (χ1n) is 7.79. The van der Waals surface area contributed by atoms with Gasteiger partial charge in [-0.25, -0.2) is 4.79 Å². The van der Waals surface area contributed by atoms with Gasteiger partial charge in [0, 0.05) is 12.2 Å². The number of imidazole rings is 1. The Morgan fingerprint density at radius 3 is 2.33 bits per heavy atom. The molecule has 0 unspecified atom stereocenters. The van der Waals surface area contributed by atoms with E-state index < -0.39 is 0 Å². The van der Waals surface area contributed by atoms with E-state index in [0.29, 0.717) is 6.04 Å². The number of benzene rings is 1. The van der Waals surface area contributed by atoms with Crippen LogP contribution in [0.3, 0.4) is 0 Å². The van der Waals surface area contributed by atoms with E-state index in [1.165, 1.54) is 0 Å². The summed E-state index contributed by atoms with van der Waals surface area (Å²) in [4.78, 5) is 17.4. The van der Waals surface area contributed by atoms with Crippen LogP contribution in [-0.4, -0.2) is 34.6 Å². The van der Waals surface area contributed by atoms with Crippen LogP contribution >= 0.6 is 0 Å². The molecule has 0 amide bonds. The second-order valence-electron chi connectivity index (χ2n) is 5.28. The second-order valence-corrected chi connectivity index (χ2v) is 5.28. The zero-order valence-electron chi connectivity index (χ0n) is 13.2. The van der Waals surface area contributed by atoms with Crippen molar-refractivity contribution in [2.24, 2.45) is 0 Å². The Morgan fingerprint density at radius 2 is 1.71 bits per heavy atom. The molecule has 1 saturated heterocycles. The first-order valence-corrected chi connectivity index (χ1v) is 7.79. The number of hydrogen-bond donors (Lipinski definition) is 1. The summed E-state index contributed by atoms with van der Waals surface area (Å²) in [7, 11) is 2.13. The van der Waals surface area contributed by atoms with Gasteiger partial charge < -0.3 is 9.88 Å². The van der Waals surface area contributed by atoms with Gasteiger partial charge in [-0.3, -0.25) is 4.57 Å². The van der Waals surface area contributed by atoms with E-state index in [-0.39, 0.29) is 5.69 Å². The number of nitrogens with one attached hydrogen (secondary N) is 1. The predicted molar refractivity (Wildman–Crippen MR) is 87.6 cm³/mol. The van der Waals surface area contributed by atoms with E-state index in [9.17, 15) is 4.79 Å². The van der Waals surface area contributed by atoms with Crippen molar-refractivity contribution in [3.05, 3.63) is 47.0 Å². The van der Waals surface area contributed by atoms with Crippen LogP contribution in [0.25, 0.3) is 11.3 Å². The highest BCUT2D eigenvalue weighted by atomic mass is 16.1. The Hall–Kier alpha value is -1.81. The third-order valence-electron chi connectivity index (χ3n) is 3.91. The van der Waals surface area contributed by atoms with Crippen molar-refractivity contribution in [3.8, 4) is 11.3 Å². The molecule has 4 heteroatoms. The van der Waals surface area contributed by atoms with E-state index in [2.05, 4.69) is 16.9 Å². The fourth-order valence-electron chi connectivity index (χ4n) is 2.72. The zero-order chi connectivity index (χ0) is 15.2. The highest BCUT2D eigenvalue weighted by molar-refractivity contribution is 5.57. The fraction of sp³-hybridized carbons (Fsp3) is 0.471. The molecule has 1 aromatic heterocycles. The molecule has 0 atom stereocenters. The number of piperidine rings is 1. The minimum Gasteiger partial charge on any atom is -0.306 e. The monoisotopic (exact) mass is 287 g/mol. The number of H-pyrrole nitrogens is 1. The molecule has 1 aromatic carbocycles. The largest absolute Gasteiger partial charge is 0.326 e. The van der Waals surface area contributed by atoms with E-state index in [1.807, 2.05) is 54.9 Å². The highest BCUT2D eigenvalue weighted by Crippen LogP contribution is 2.22. The minimum atomic E-state index is 0.00778. The van der Waals surface area contributed by atoms with Gasteiger partial charge in [-0.15, -0.1) is 0 Å². The second kappa shape index (κ2) is 7.27.